The maximum atomic E-state index is 13.1. The van der Waals surface area contributed by atoms with Gasteiger partial charge in [0.15, 0.2) is 12.4 Å². The third-order valence-corrected chi connectivity index (χ3v) is 7.06. The molecule has 3 rings (SSSR count). The van der Waals surface area contributed by atoms with Crippen molar-refractivity contribution in [1.82, 2.24) is 4.72 Å². The number of carbonyl (C=O) groups is 3. The van der Waals surface area contributed by atoms with E-state index >= 15 is 0 Å². The highest BCUT2D eigenvalue weighted by atomic mass is 35.5. The molecule has 0 heterocycles. The third-order valence-electron chi connectivity index (χ3n) is 5.26. The van der Waals surface area contributed by atoms with Gasteiger partial charge in [-0.1, -0.05) is 23.2 Å². The van der Waals surface area contributed by atoms with E-state index in [0.717, 1.165) is 0 Å². The van der Waals surface area contributed by atoms with Gasteiger partial charge in [0.05, 0.1) is 28.1 Å². The lowest BCUT2D eigenvalue weighted by Crippen LogP contribution is -2.41. The summed E-state index contributed by atoms with van der Waals surface area (Å²) in [7, 11) is -4.15. The molecule has 4 N–H and O–H groups in total. The van der Waals surface area contributed by atoms with Crippen molar-refractivity contribution in [2.24, 2.45) is 5.73 Å². The van der Waals surface area contributed by atoms with Crippen LogP contribution >= 0.6 is 23.2 Å². The fourth-order valence-electron chi connectivity index (χ4n) is 3.30. The van der Waals surface area contributed by atoms with Gasteiger partial charge in [-0.05, 0) is 74.0 Å². The van der Waals surface area contributed by atoms with E-state index in [0.29, 0.717) is 11.3 Å². The maximum absolute atomic E-state index is 13.1. The number of nitrogens with two attached hydrogens (primary N) is 1. The maximum Gasteiger partial charge on any atom is 0.264 e. The first-order valence-corrected chi connectivity index (χ1v) is 13.4. The SMILES string of the molecule is Cc1cc(S(=O)(=O)NC(=O)[C@@H](C)N)ccc1NC(=O)COc1ccc(Cl)cc1C(=O)c1cc(Cl)cc(C#N)c1. The summed E-state index contributed by atoms with van der Waals surface area (Å²) in [5, 5.41) is 12.2. The molecule has 1 atom stereocenters. The Labute approximate surface area is 234 Å². The number of ketones is 1. The summed E-state index contributed by atoms with van der Waals surface area (Å²) in [5.41, 5.74) is 6.49. The van der Waals surface area contributed by atoms with Crippen LogP contribution in [0, 0.1) is 18.3 Å². The van der Waals surface area contributed by atoms with E-state index in [2.05, 4.69) is 5.32 Å². The molecule has 0 spiro atoms. The zero-order valence-corrected chi connectivity index (χ0v) is 22.9. The van der Waals surface area contributed by atoms with Crippen LogP contribution in [0.1, 0.15) is 34.0 Å². The van der Waals surface area contributed by atoms with Crippen LogP contribution in [0.15, 0.2) is 59.5 Å². The summed E-state index contributed by atoms with van der Waals surface area (Å²) in [6.45, 7) is 2.42. The minimum atomic E-state index is -4.15. The van der Waals surface area contributed by atoms with Crippen molar-refractivity contribution < 1.29 is 27.5 Å². The Kier molecular flexibility index (Phi) is 9.32. The topological polar surface area (TPSA) is 168 Å². The fraction of sp³-hybridized carbons (Fsp3) is 0.154. The zero-order chi connectivity index (χ0) is 28.9. The second kappa shape index (κ2) is 12.3. The molecule has 2 amide bonds. The molecule has 0 radical (unpaired) electrons. The molecule has 202 valence electrons. The number of amides is 2. The number of nitrogens with one attached hydrogen (secondary N) is 2. The van der Waals surface area contributed by atoms with Crippen molar-refractivity contribution in [2.75, 3.05) is 11.9 Å². The summed E-state index contributed by atoms with van der Waals surface area (Å²) in [6.07, 6.45) is 0. The predicted octanol–water partition coefficient (Wildman–Crippen LogP) is 3.57. The number of aryl methyl sites for hydroxylation is 1. The molecule has 0 aliphatic heterocycles. The van der Waals surface area contributed by atoms with Crippen molar-refractivity contribution in [1.29, 1.82) is 5.26 Å². The highest BCUT2D eigenvalue weighted by molar-refractivity contribution is 7.90. The van der Waals surface area contributed by atoms with E-state index < -0.39 is 40.3 Å². The number of nitriles is 1. The molecule has 0 saturated carbocycles. The first kappa shape index (κ1) is 29.6. The Morgan fingerprint density at radius 2 is 1.77 bits per heavy atom. The summed E-state index contributed by atoms with van der Waals surface area (Å²) in [4.78, 5) is 37.3. The third kappa shape index (κ3) is 7.55. The summed E-state index contributed by atoms with van der Waals surface area (Å²) in [6, 6.07) is 13.3. The molecule has 0 unspecified atom stereocenters. The van der Waals surface area contributed by atoms with E-state index in [1.54, 1.807) is 6.92 Å². The van der Waals surface area contributed by atoms with E-state index in [9.17, 15) is 28.1 Å². The van der Waals surface area contributed by atoms with Gasteiger partial charge in [0.25, 0.3) is 15.9 Å². The number of rotatable bonds is 9. The van der Waals surface area contributed by atoms with Crippen LogP contribution in [0.25, 0.3) is 0 Å². The molecule has 39 heavy (non-hydrogen) atoms. The monoisotopic (exact) mass is 588 g/mol. The number of carbonyl (C=O) groups excluding carboxylic acids is 3. The fourth-order valence-corrected chi connectivity index (χ4v) is 4.86. The molecule has 0 aromatic heterocycles. The number of nitrogens with zero attached hydrogens (tertiary/aromatic N) is 1. The first-order chi connectivity index (χ1) is 18.3. The number of halogens is 2. The molecule has 10 nitrogen and oxygen atoms in total. The van der Waals surface area contributed by atoms with Crippen LogP contribution in [-0.4, -0.2) is 38.7 Å². The lowest BCUT2D eigenvalue weighted by atomic mass is 10.0. The number of benzene rings is 3. The standard InChI is InChI=1S/C26H22Cl2N4O6S/c1-14-7-20(39(36,37)32-26(35)15(2)30)4-5-22(14)31-24(33)13-38-23-6-3-18(27)11-21(23)25(34)17-8-16(12-29)9-19(28)10-17/h3-11,15H,13,30H2,1-2H3,(H,31,33)(H,32,35)/t15-/m1/s1. The van der Waals surface area contributed by atoms with Gasteiger partial charge < -0.3 is 15.8 Å². The van der Waals surface area contributed by atoms with Gasteiger partial charge in [-0.2, -0.15) is 5.26 Å². The lowest BCUT2D eigenvalue weighted by Gasteiger charge is -2.14. The molecule has 0 saturated heterocycles. The Hall–Kier alpha value is -3.95. The molecule has 0 fully saturated rings. The number of hydrogen-bond donors (Lipinski definition) is 3. The Morgan fingerprint density at radius 1 is 1.05 bits per heavy atom. The summed E-state index contributed by atoms with van der Waals surface area (Å²) >= 11 is 12.1. The van der Waals surface area contributed by atoms with Gasteiger partial charge in [-0.25, -0.2) is 13.1 Å². The van der Waals surface area contributed by atoms with E-state index in [4.69, 9.17) is 33.7 Å². The minimum absolute atomic E-state index is 0.0565. The largest absolute Gasteiger partial charge is 0.483 e. The summed E-state index contributed by atoms with van der Waals surface area (Å²) < 4.78 is 32.3. The van der Waals surface area contributed by atoms with E-state index in [-0.39, 0.29) is 37.4 Å². The van der Waals surface area contributed by atoms with Gasteiger partial charge in [0, 0.05) is 21.3 Å². The second-order valence-electron chi connectivity index (χ2n) is 8.38. The van der Waals surface area contributed by atoms with Crippen molar-refractivity contribution in [2.45, 2.75) is 24.8 Å². The number of ether oxygens (including phenoxy) is 1. The number of hydrogen-bond acceptors (Lipinski definition) is 8. The average molecular weight is 589 g/mol. The summed E-state index contributed by atoms with van der Waals surface area (Å²) in [5.74, 6) is -1.90. The Bertz CT molecular complexity index is 1620. The predicted molar refractivity (Wildman–Crippen MR) is 145 cm³/mol. The number of anilines is 1. The molecule has 3 aromatic carbocycles. The Balaban J connectivity index is 1.74. The normalized spacial score (nSPS) is 11.7. The highest BCUT2D eigenvalue weighted by Gasteiger charge is 2.21. The number of sulfonamides is 1. The van der Waals surface area contributed by atoms with Crippen LogP contribution in [0.2, 0.25) is 10.0 Å². The van der Waals surface area contributed by atoms with Crippen molar-refractivity contribution >= 4 is 56.5 Å². The van der Waals surface area contributed by atoms with Gasteiger partial charge in [-0.3, -0.25) is 14.4 Å². The van der Waals surface area contributed by atoms with Gasteiger partial charge in [0.1, 0.15) is 5.75 Å². The molecule has 3 aromatic rings. The van der Waals surface area contributed by atoms with Crippen molar-refractivity contribution in [3.05, 3.63) is 86.9 Å². The quantitative estimate of drug-likeness (QED) is 0.318. The molecule has 0 bridgehead atoms. The van der Waals surface area contributed by atoms with Gasteiger partial charge in [0.2, 0.25) is 5.91 Å². The van der Waals surface area contributed by atoms with Crippen molar-refractivity contribution in [3.63, 3.8) is 0 Å². The molecule has 0 aliphatic carbocycles. The van der Waals surface area contributed by atoms with Crippen molar-refractivity contribution in [3.8, 4) is 11.8 Å². The van der Waals surface area contributed by atoms with Gasteiger partial charge >= 0.3 is 0 Å². The average Bonchev–Trinajstić information content (AvgIpc) is 2.87. The molecule has 0 aliphatic rings. The van der Waals surface area contributed by atoms with Gasteiger partial charge in [-0.15, -0.1) is 0 Å². The second-order valence-corrected chi connectivity index (χ2v) is 10.9. The highest BCUT2D eigenvalue weighted by Crippen LogP contribution is 2.27. The zero-order valence-electron chi connectivity index (χ0n) is 20.6. The smallest absolute Gasteiger partial charge is 0.264 e. The van der Waals surface area contributed by atoms with E-state index in [1.807, 2.05) is 10.8 Å². The molecular weight excluding hydrogens is 567 g/mol. The first-order valence-electron chi connectivity index (χ1n) is 11.2. The van der Waals surface area contributed by atoms with Crippen LogP contribution in [0.4, 0.5) is 5.69 Å². The van der Waals surface area contributed by atoms with Crippen LogP contribution in [-0.2, 0) is 19.6 Å². The van der Waals surface area contributed by atoms with Crippen LogP contribution in [0.3, 0.4) is 0 Å². The molecular formula is C26H22Cl2N4O6S. The molecule has 13 heteroatoms. The lowest BCUT2D eigenvalue weighted by molar-refractivity contribution is -0.120. The Morgan fingerprint density at radius 3 is 2.41 bits per heavy atom. The van der Waals surface area contributed by atoms with Crippen LogP contribution < -0.4 is 20.5 Å². The van der Waals surface area contributed by atoms with E-state index in [1.165, 1.54) is 61.5 Å². The minimum Gasteiger partial charge on any atom is -0.483 e. The van der Waals surface area contributed by atoms with Crippen LogP contribution in [0.5, 0.6) is 5.75 Å².